The van der Waals surface area contributed by atoms with Crippen molar-refractivity contribution in [1.82, 2.24) is 24.5 Å². The first-order valence-corrected chi connectivity index (χ1v) is 8.23. The van der Waals surface area contributed by atoms with Gasteiger partial charge >= 0.3 is 0 Å². The van der Waals surface area contributed by atoms with E-state index in [1.54, 1.807) is 24.3 Å². The lowest BCUT2D eigenvalue weighted by Crippen LogP contribution is -2.22. The predicted octanol–water partition coefficient (Wildman–Crippen LogP) is 3.13. The van der Waals surface area contributed by atoms with Gasteiger partial charge in [0.2, 0.25) is 0 Å². The predicted molar refractivity (Wildman–Crippen MR) is 96.2 cm³/mol. The van der Waals surface area contributed by atoms with E-state index in [1.807, 2.05) is 19.1 Å². The van der Waals surface area contributed by atoms with Gasteiger partial charge in [0.05, 0.1) is 12.2 Å². The standard InChI is InChI=1S/C18H13ClFN5O/c1-11-6-7-13(8-14(11)19)25-17-16(22-23-25)18(26)24(10-21-17)9-12-4-2-3-5-15(12)20/h2-8,10H,9H2,1H3. The molecule has 2 heterocycles. The first-order chi connectivity index (χ1) is 12.5. The molecule has 0 amide bonds. The Labute approximate surface area is 152 Å². The first kappa shape index (κ1) is 16.4. The van der Waals surface area contributed by atoms with Crippen LogP contribution in [0.1, 0.15) is 11.1 Å². The van der Waals surface area contributed by atoms with Gasteiger partial charge in [-0.25, -0.2) is 9.37 Å². The summed E-state index contributed by atoms with van der Waals surface area (Å²) in [4.78, 5) is 17.0. The van der Waals surface area contributed by atoms with Crippen LogP contribution in [0, 0.1) is 12.7 Å². The van der Waals surface area contributed by atoms with Crippen LogP contribution in [0.2, 0.25) is 5.02 Å². The minimum atomic E-state index is -0.386. The molecule has 0 aliphatic rings. The monoisotopic (exact) mass is 369 g/mol. The summed E-state index contributed by atoms with van der Waals surface area (Å²) in [5.74, 6) is -0.377. The summed E-state index contributed by atoms with van der Waals surface area (Å²) < 4.78 is 16.6. The third kappa shape index (κ3) is 2.76. The zero-order valence-electron chi connectivity index (χ0n) is 13.7. The fourth-order valence-corrected chi connectivity index (χ4v) is 2.83. The molecule has 0 saturated carbocycles. The Morgan fingerprint density at radius 3 is 2.77 bits per heavy atom. The van der Waals surface area contributed by atoms with E-state index >= 15 is 0 Å². The maximum Gasteiger partial charge on any atom is 0.283 e. The lowest BCUT2D eigenvalue weighted by molar-refractivity contribution is 0.595. The van der Waals surface area contributed by atoms with Gasteiger partial charge in [0.1, 0.15) is 12.1 Å². The van der Waals surface area contributed by atoms with E-state index in [-0.39, 0.29) is 23.4 Å². The number of fused-ring (bicyclic) bond motifs is 1. The van der Waals surface area contributed by atoms with E-state index in [4.69, 9.17) is 11.6 Å². The second-order valence-electron chi connectivity index (χ2n) is 5.88. The molecule has 0 unspecified atom stereocenters. The lowest BCUT2D eigenvalue weighted by Gasteiger charge is -2.07. The summed E-state index contributed by atoms with van der Waals surface area (Å²) in [6.07, 6.45) is 1.37. The fourth-order valence-electron chi connectivity index (χ4n) is 2.65. The van der Waals surface area contributed by atoms with Gasteiger partial charge in [0.15, 0.2) is 11.2 Å². The second-order valence-corrected chi connectivity index (χ2v) is 6.28. The number of nitrogens with zero attached hydrogens (tertiary/aromatic N) is 5. The Morgan fingerprint density at radius 1 is 1.19 bits per heavy atom. The van der Waals surface area contributed by atoms with Gasteiger partial charge in [-0.1, -0.05) is 41.1 Å². The molecule has 26 heavy (non-hydrogen) atoms. The molecule has 0 bridgehead atoms. The molecule has 0 spiro atoms. The highest BCUT2D eigenvalue weighted by molar-refractivity contribution is 6.31. The molecule has 130 valence electrons. The molecule has 6 nitrogen and oxygen atoms in total. The van der Waals surface area contributed by atoms with Gasteiger partial charge in [0, 0.05) is 10.6 Å². The third-order valence-electron chi connectivity index (χ3n) is 4.13. The van der Waals surface area contributed by atoms with Gasteiger partial charge in [-0.15, -0.1) is 5.10 Å². The van der Waals surface area contributed by atoms with Crippen molar-refractivity contribution in [3.8, 4) is 5.69 Å². The van der Waals surface area contributed by atoms with E-state index in [2.05, 4.69) is 15.3 Å². The van der Waals surface area contributed by atoms with Gasteiger partial charge in [-0.2, -0.15) is 4.68 Å². The lowest BCUT2D eigenvalue weighted by atomic mass is 10.2. The first-order valence-electron chi connectivity index (χ1n) is 7.85. The SMILES string of the molecule is Cc1ccc(-n2nnc3c(=O)n(Cc4ccccc4F)cnc32)cc1Cl. The highest BCUT2D eigenvalue weighted by atomic mass is 35.5. The van der Waals surface area contributed by atoms with Crippen molar-refractivity contribution >= 4 is 22.8 Å². The summed E-state index contributed by atoms with van der Waals surface area (Å²) in [7, 11) is 0. The van der Waals surface area contributed by atoms with Gasteiger partial charge < -0.3 is 0 Å². The Morgan fingerprint density at radius 2 is 2.00 bits per heavy atom. The Bertz CT molecular complexity index is 1180. The quantitative estimate of drug-likeness (QED) is 0.556. The maximum atomic E-state index is 13.8. The average molecular weight is 370 g/mol. The molecule has 4 rings (SSSR count). The van der Waals surface area contributed by atoms with Crippen molar-refractivity contribution in [2.45, 2.75) is 13.5 Å². The van der Waals surface area contributed by atoms with Gasteiger partial charge in [0.25, 0.3) is 5.56 Å². The van der Waals surface area contributed by atoms with Crippen LogP contribution in [0.25, 0.3) is 16.9 Å². The maximum absolute atomic E-state index is 13.8. The molecular weight excluding hydrogens is 357 g/mol. The number of hydrogen-bond acceptors (Lipinski definition) is 4. The van der Waals surface area contributed by atoms with Crippen molar-refractivity contribution in [3.05, 3.63) is 81.1 Å². The molecule has 0 aliphatic carbocycles. The zero-order valence-corrected chi connectivity index (χ0v) is 14.5. The molecule has 4 aromatic rings. The molecule has 0 aliphatic heterocycles. The highest BCUT2D eigenvalue weighted by Crippen LogP contribution is 2.20. The van der Waals surface area contributed by atoms with Crippen LogP contribution in [-0.2, 0) is 6.54 Å². The van der Waals surface area contributed by atoms with Crippen LogP contribution in [-0.4, -0.2) is 24.5 Å². The summed E-state index contributed by atoms with van der Waals surface area (Å²) >= 11 is 6.16. The number of halogens is 2. The van der Waals surface area contributed by atoms with Crippen molar-refractivity contribution < 1.29 is 4.39 Å². The van der Waals surface area contributed by atoms with Crippen molar-refractivity contribution in [2.24, 2.45) is 0 Å². The molecule has 0 atom stereocenters. The van der Waals surface area contributed by atoms with Gasteiger partial charge in [-0.3, -0.25) is 9.36 Å². The number of benzene rings is 2. The zero-order chi connectivity index (χ0) is 18.3. The Balaban J connectivity index is 1.79. The molecule has 0 radical (unpaired) electrons. The van der Waals surface area contributed by atoms with Crippen LogP contribution in [0.15, 0.2) is 53.6 Å². The second kappa shape index (κ2) is 6.34. The molecule has 2 aromatic carbocycles. The number of hydrogen-bond donors (Lipinski definition) is 0. The van der Waals surface area contributed by atoms with Crippen molar-refractivity contribution in [1.29, 1.82) is 0 Å². The van der Waals surface area contributed by atoms with Crippen LogP contribution >= 0.6 is 11.6 Å². The minimum Gasteiger partial charge on any atom is -0.293 e. The van der Waals surface area contributed by atoms with Crippen LogP contribution < -0.4 is 5.56 Å². The normalized spacial score (nSPS) is 11.2. The molecule has 8 heteroatoms. The summed E-state index contributed by atoms with van der Waals surface area (Å²) in [5, 5.41) is 8.56. The summed E-state index contributed by atoms with van der Waals surface area (Å²) in [6, 6.07) is 11.7. The Hall–Kier alpha value is -3.06. The molecule has 2 aromatic heterocycles. The van der Waals surface area contributed by atoms with Gasteiger partial charge in [-0.05, 0) is 30.7 Å². The van der Waals surface area contributed by atoms with E-state index < -0.39 is 0 Å². The summed E-state index contributed by atoms with van der Waals surface area (Å²) in [6.45, 7) is 1.96. The van der Waals surface area contributed by atoms with E-state index in [1.165, 1.54) is 21.6 Å². The minimum absolute atomic E-state index is 0.0671. The number of aryl methyl sites for hydroxylation is 1. The molecule has 0 saturated heterocycles. The fraction of sp³-hybridized carbons (Fsp3) is 0.111. The van der Waals surface area contributed by atoms with Crippen LogP contribution in [0.4, 0.5) is 4.39 Å². The topological polar surface area (TPSA) is 65.6 Å². The third-order valence-corrected chi connectivity index (χ3v) is 4.54. The molecular formula is C18H13ClFN5O. The van der Waals surface area contributed by atoms with E-state index in [0.717, 1.165) is 5.56 Å². The van der Waals surface area contributed by atoms with Crippen molar-refractivity contribution in [2.75, 3.05) is 0 Å². The molecule has 0 N–H and O–H groups in total. The van der Waals surface area contributed by atoms with Crippen LogP contribution in [0.5, 0.6) is 0 Å². The Kier molecular flexibility index (Phi) is 4.00. The largest absolute Gasteiger partial charge is 0.293 e. The smallest absolute Gasteiger partial charge is 0.283 e. The number of aromatic nitrogens is 5. The van der Waals surface area contributed by atoms with E-state index in [0.29, 0.717) is 21.9 Å². The highest BCUT2D eigenvalue weighted by Gasteiger charge is 2.14. The number of rotatable bonds is 3. The summed E-state index contributed by atoms with van der Waals surface area (Å²) in [5.41, 5.74) is 2.03. The molecule has 0 fully saturated rings. The average Bonchev–Trinajstić information content (AvgIpc) is 3.06. The van der Waals surface area contributed by atoms with Crippen molar-refractivity contribution in [3.63, 3.8) is 0 Å². The van der Waals surface area contributed by atoms with Crippen LogP contribution in [0.3, 0.4) is 0 Å². The van der Waals surface area contributed by atoms with E-state index in [9.17, 15) is 9.18 Å².